The minimum absolute atomic E-state index is 0.0527. The Bertz CT molecular complexity index is 1150. The first kappa shape index (κ1) is 18.4. The summed E-state index contributed by atoms with van der Waals surface area (Å²) in [6, 6.07) is 17.1. The van der Waals surface area contributed by atoms with Gasteiger partial charge in [-0.3, -0.25) is 0 Å². The number of aryl methyl sites for hydroxylation is 1. The van der Waals surface area contributed by atoms with Crippen molar-refractivity contribution in [3.8, 4) is 10.6 Å². The molecule has 0 aliphatic carbocycles. The lowest BCUT2D eigenvalue weighted by Crippen LogP contribution is -2.20. The maximum absolute atomic E-state index is 13.8. The molecule has 0 aliphatic heterocycles. The number of carbonyl (C=O) groups excluding carboxylic acids is 1. The molecular weight excluding hydrogens is 397 g/mol. The molecule has 2 N–H and O–H groups in total. The second kappa shape index (κ2) is 7.58. The summed E-state index contributed by atoms with van der Waals surface area (Å²) < 4.78 is 14.9. The fourth-order valence-electron chi connectivity index (χ4n) is 2.74. The van der Waals surface area contributed by atoms with Crippen LogP contribution in [0.2, 0.25) is 5.02 Å². The Balaban J connectivity index is 1.49. The molecule has 0 spiro atoms. The van der Waals surface area contributed by atoms with Gasteiger partial charge in [0.2, 0.25) is 0 Å². The van der Waals surface area contributed by atoms with E-state index in [4.69, 9.17) is 11.6 Å². The number of nitrogens with one attached hydrogen (secondary N) is 2. The molecule has 0 saturated carbocycles. The van der Waals surface area contributed by atoms with Crippen LogP contribution >= 0.6 is 22.9 Å². The third-order valence-electron chi connectivity index (χ3n) is 4.13. The van der Waals surface area contributed by atoms with Gasteiger partial charge >= 0.3 is 6.03 Å². The molecule has 4 nitrogen and oxygen atoms in total. The Morgan fingerprint density at radius 3 is 2.61 bits per heavy atom. The first-order valence-electron chi connectivity index (χ1n) is 8.49. The van der Waals surface area contributed by atoms with Crippen molar-refractivity contribution in [2.75, 3.05) is 10.6 Å². The van der Waals surface area contributed by atoms with Gasteiger partial charge in [0.1, 0.15) is 10.8 Å². The van der Waals surface area contributed by atoms with Crippen LogP contribution in [0, 0.1) is 12.7 Å². The summed E-state index contributed by atoms with van der Waals surface area (Å²) in [5, 5.41) is 6.14. The zero-order valence-electron chi connectivity index (χ0n) is 14.8. The highest BCUT2D eigenvalue weighted by Gasteiger charge is 2.11. The average Bonchev–Trinajstić information content (AvgIpc) is 3.08. The maximum atomic E-state index is 13.8. The summed E-state index contributed by atoms with van der Waals surface area (Å²) in [6.07, 6.45) is 0. The number of anilines is 2. The van der Waals surface area contributed by atoms with Crippen LogP contribution in [-0.4, -0.2) is 11.0 Å². The highest BCUT2D eigenvalue weighted by molar-refractivity contribution is 7.21. The summed E-state index contributed by atoms with van der Waals surface area (Å²) in [6.45, 7) is 2.05. The van der Waals surface area contributed by atoms with Gasteiger partial charge in [-0.25, -0.2) is 14.2 Å². The number of halogens is 2. The van der Waals surface area contributed by atoms with Crippen molar-refractivity contribution in [2.24, 2.45) is 0 Å². The molecule has 1 heterocycles. The van der Waals surface area contributed by atoms with Gasteiger partial charge in [-0.15, -0.1) is 11.3 Å². The monoisotopic (exact) mass is 411 g/mol. The number of carbonyl (C=O) groups is 1. The Morgan fingerprint density at radius 2 is 1.86 bits per heavy atom. The summed E-state index contributed by atoms with van der Waals surface area (Å²) in [5.41, 5.74) is 3.65. The Hall–Kier alpha value is -2.96. The van der Waals surface area contributed by atoms with E-state index in [9.17, 15) is 9.18 Å². The van der Waals surface area contributed by atoms with Crippen molar-refractivity contribution >= 4 is 50.6 Å². The second-order valence-corrected chi connectivity index (χ2v) is 7.68. The van der Waals surface area contributed by atoms with E-state index >= 15 is 0 Å². The molecule has 4 aromatic rings. The highest BCUT2D eigenvalue weighted by atomic mass is 35.5. The SMILES string of the molecule is Cc1ccc2nc(-c3ccc(NC(=O)Nc4c(F)cccc4Cl)cc3)sc2c1. The third-order valence-corrected chi connectivity index (χ3v) is 5.52. The molecule has 7 heteroatoms. The number of benzene rings is 3. The van der Waals surface area contributed by atoms with E-state index in [0.717, 1.165) is 20.8 Å². The fourth-order valence-corrected chi connectivity index (χ4v) is 4.02. The number of amides is 2. The number of rotatable bonds is 3. The Morgan fingerprint density at radius 1 is 1.07 bits per heavy atom. The van der Waals surface area contributed by atoms with Crippen molar-refractivity contribution in [2.45, 2.75) is 6.92 Å². The predicted octanol–water partition coefficient (Wildman–Crippen LogP) is 6.71. The second-order valence-electron chi connectivity index (χ2n) is 6.24. The van der Waals surface area contributed by atoms with Crippen LogP contribution in [0.25, 0.3) is 20.8 Å². The van der Waals surface area contributed by atoms with E-state index in [1.165, 1.54) is 23.8 Å². The van der Waals surface area contributed by atoms with E-state index in [-0.39, 0.29) is 10.7 Å². The average molecular weight is 412 g/mol. The molecule has 0 fully saturated rings. The van der Waals surface area contributed by atoms with Crippen LogP contribution in [0.5, 0.6) is 0 Å². The van der Waals surface area contributed by atoms with Crippen LogP contribution in [0.1, 0.15) is 5.56 Å². The predicted molar refractivity (Wildman–Crippen MR) is 114 cm³/mol. The molecule has 0 bridgehead atoms. The van der Waals surface area contributed by atoms with E-state index in [1.54, 1.807) is 23.5 Å². The minimum Gasteiger partial charge on any atom is -0.308 e. The van der Waals surface area contributed by atoms with Crippen molar-refractivity contribution in [1.82, 2.24) is 4.98 Å². The lowest BCUT2D eigenvalue weighted by Gasteiger charge is -2.10. The number of thiazole rings is 1. The summed E-state index contributed by atoms with van der Waals surface area (Å²) in [5.74, 6) is -0.593. The number of urea groups is 1. The first-order valence-corrected chi connectivity index (χ1v) is 9.69. The maximum Gasteiger partial charge on any atom is 0.323 e. The van der Waals surface area contributed by atoms with Gasteiger partial charge in [0.25, 0.3) is 0 Å². The van der Waals surface area contributed by atoms with Crippen LogP contribution in [0.4, 0.5) is 20.6 Å². The number of para-hydroxylation sites is 1. The fraction of sp³-hybridized carbons (Fsp3) is 0.0476. The molecule has 1 aromatic heterocycles. The minimum atomic E-state index is -0.593. The Kier molecular flexibility index (Phi) is 4.98. The summed E-state index contributed by atoms with van der Waals surface area (Å²) in [4.78, 5) is 16.8. The van der Waals surface area contributed by atoms with E-state index in [0.29, 0.717) is 5.69 Å². The molecule has 0 saturated heterocycles. The van der Waals surface area contributed by atoms with Crippen molar-refractivity contribution in [3.63, 3.8) is 0 Å². The number of hydrogen-bond donors (Lipinski definition) is 2. The molecule has 0 unspecified atom stereocenters. The standard InChI is InChI=1S/C21H15ClFN3OS/c1-12-5-10-17-18(11-12)28-20(25-17)13-6-8-14(9-7-13)24-21(27)26-19-15(22)3-2-4-16(19)23/h2-11H,1H3,(H2,24,26,27). The normalized spacial score (nSPS) is 10.8. The van der Waals surface area contributed by atoms with Gasteiger partial charge in [0.15, 0.2) is 0 Å². The van der Waals surface area contributed by atoms with E-state index in [1.807, 2.05) is 24.3 Å². The van der Waals surface area contributed by atoms with Crippen LogP contribution in [0.15, 0.2) is 60.7 Å². The van der Waals surface area contributed by atoms with Crippen LogP contribution in [0.3, 0.4) is 0 Å². The Labute approximate surface area is 170 Å². The van der Waals surface area contributed by atoms with Crippen LogP contribution < -0.4 is 10.6 Å². The molecule has 0 aliphatic rings. The molecule has 28 heavy (non-hydrogen) atoms. The number of aromatic nitrogens is 1. The summed E-state index contributed by atoms with van der Waals surface area (Å²) in [7, 11) is 0. The van der Waals surface area contributed by atoms with Crippen molar-refractivity contribution in [1.29, 1.82) is 0 Å². The molecule has 0 atom stereocenters. The van der Waals surface area contributed by atoms with Gasteiger partial charge in [0.05, 0.1) is 20.9 Å². The molecule has 140 valence electrons. The van der Waals surface area contributed by atoms with Gasteiger partial charge in [0, 0.05) is 11.3 Å². The summed E-state index contributed by atoms with van der Waals surface area (Å²) >= 11 is 7.54. The van der Waals surface area contributed by atoms with Gasteiger partial charge < -0.3 is 10.6 Å². The van der Waals surface area contributed by atoms with E-state index in [2.05, 4.69) is 28.6 Å². The largest absolute Gasteiger partial charge is 0.323 e. The molecule has 2 amide bonds. The van der Waals surface area contributed by atoms with Gasteiger partial charge in [-0.2, -0.15) is 0 Å². The van der Waals surface area contributed by atoms with Crippen LogP contribution in [-0.2, 0) is 0 Å². The lowest BCUT2D eigenvalue weighted by atomic mass is 10.2. The molecule has 3 aromatic carbocycles. The molecule has 0 radical (unpaired) electrons. The quantitative estimate of drug-likeness (QED) is 0.393. The smallest absolute Gasteiger partial charge is 0.308 e. The topological polar surface area (TPSA) is 54.0 Å². The third kappa shape index (κ3) is 3.83. The van der Waals surface area contributed by atoms with Crippen molar-refractivity contribution < 1.29 is 9.18 Å². The lowest BCUT2D eigenvalue weighted by molar-refractivity contribution is 0.262. The van der Waals surface area contributed by atoms with Gasteiger partial charge in [-0.05, 0) is 61.0 Å². The van der Waals surface area contributed by atoms with Gasteiger partial charge in [-0.1, -0.05) is 23.7 Å². The first-order chi connectivity index (χ1) is 13.5. The molecule has 4 rings (SSSR count). The molecular formula is C21H15ClFN3OS. The highest BCUT2D eigenvalue weighted by Crippen LogP contribution is 2.31. The van der Waals surface area contributed by atoms with E-state index < -0.39 is 11.8 Å². The van der Waals surface area contributed by atoms with Crippen molar-refractivity contribution in [3.05, 3.63) is 77.1 Å². The zero-order valence-corrected chi connectivity index (χ0v) is 16.4. The number of nitrogens with zero attached hydrogens (tertiary/aromatic N) is 1. The number of hydrogen-bond acceptors (Lipinski definition) is 3. The zero-order chi connectivity index (χ0) is 19.7. The number of fused-ring (bicyclic) bond motifs is 1.